The molecule has 2 unspecified atom stereocenters. The van der Waals surface area contributed by atoms with Crippen molar-refractivity contribution in [2.24, 2.45) is 0 Å². The monoisotopic (exact) mass is 259 g/mol. The van der Waals surface area contributed by atoms with Gasteiger partial charge in [-0.3, -0.25) is 0 Å². The number of nitrogens with one attached hydrogen (secondary N) is 1. The largest absolute Gasteiger partial charge is 0.389 e. The Balaban J connectivity index is 2.20. The summed E-state index contributed by atoms with van der Waals surface area (Å²) in [4.78, 5) is 0. The highest BCUT2D eigenvalue weighted by Crippen LogP contribution is 2.32. The molecule has 2 rings (SSSR count). The molecular weight excluding hydrogens is 243 g/mol. The minimum absolute atomic E-state index is 0.140. The highest BCUT2D eigenvalue weighted by molar-refractivity contribution is 5.24. The van der Waals surface area contributed by atoms with Crippen molar-refractivity contribution in [3.05, 3.63) is 35.1 Å². The second-order valence-electron chi connectivity index (χ2n) is 5.30. The van der Waals surface area contributed by atoms with E-state index in [1.807, 2.05) is 0 Å². The van der Waals surface area contributed by atoms with Crippen molar-refractivity contribution in [3.63, 3.8) is 0 Å². The highest BCUT2D eigenvalue weighted by Gasteiger charge is 2.35. The molecule has 5 heteroatoms. The number of benzene rings is 1. The molecule has 1 aliphatic heterocycles. The minimum Gasteiger partial charge on any atom is -0.389 e. The van der Waals surface area contributed by atoms with Crippen LogP contribution in [0.4, 0.5) is 13.2 Å². The molecule has 2 nitrogen and oxygen atoms in total. The molecule has 0 amide bonds. The summed E-state index contributed by atoms with van der Waals surface area (Å²) in [6, 6.07) is 1.61. The van der Waals surface area contributed by atoms with Gasteiger partial charge in [-0.2, -0.15) is 0 Å². The molecule has 2 atom stereocenters. The van der Waals surface area contributed by atoms with Crippen LogP contribution >= 0.6 is 0 Å². The molecule has 0 bridgehead atoms. The Hall–Kier alpha value is -1.07. The fraction of sp³-hybridized carbons (Fsp3) is 0.538. The van der Waals surface area contributed by atoms with Crippen LogP contribution in [0.3, 0.4) is 0 Å². The summed E-state index contributed by atoms with van der Waals surface area (Å²) in [7, 11) is 0. The van der Waals surface area contributed by atoms with Crippen LogP contribution in [0.2, 0.25) is 0 Å². The van der Waals surface area contributed by atoms with Crippen LogP contribution in [-0.4, -0.2) is 16.7 Å². The van der Waals surface area contributed by atoms with Crippen molar-refractivity contribution in [1.29, 1.82) is 0 Å². The molecule has 1 aromatic rings. The third-order valence-electron chi connectivity index (χ3n) is 3.41. The van der Waals surface area contributed by atoms with Gasteiger partial charge in [-0.15, -0.1) is 0 Å². The molecule has 2 N–H and O–H groups in total. The maximum absolute atomic E-state index is 13.1. The molecule has 1 fully saturated rings. The van der Waals surface area contributed by atoms with Gasteiger partial charge in [0, 0.05) is 12.1 Å². The summed E-state index contributed by atoms with van der Waals surface area (Å²) < 4.78 is 39.1. The summed E-state index contributed by atoms with van der Waals surface area (Å²) in [5, 5.41) is 13.0. The van der Waals surface area contributed by atoms with E-state index in [9.17, 15) is 18.3 Å². The van der Waals surface area contributed by atoms with Crippen molar-refractivity contribution in [3.8, 4) is 0 Å². The molecule has 0 radical (unpaired) electrons. The Morgan fingerprint density at radius 3 is 2.17 bits per heavy atom. The Morgan fingerprint density at radius 1 is 1.17 bits per heavy atom. The van der Waals surface area contributed by atoms with Gasteiger partial charge in [-0.1, -0.05) is 0 Å². The Kier molecular flexibility index (Phi) is 3.38. The normalized spacial score (nSPS) is 24.6. The second kappa shape index (κ2) is 4.55. The van der Waals surface area contributed by atoms with Crippen LogP contribution in [0.5, 0.6) is 0 Å². The first kappa shape index (κ1) is 13.4. The van der Waals surface area contributed by atoms with Crippen molar-refractivity contribution < 1.29 is 18.3 Å². The Bertz CT molecular complexity index is 433. The van der Waals surface area contributed by atoms with Gasteiger partial charge in [0.1, 0.15) is 0 Å². The van der Waals surface area contributed by atoms with Gasteiger partial charge in [-0.05, 0) is 44.4 Å². The van der Waals surface area contributed by atoms with E-state index in [4.69, 9.17) is 0 Å². The lowest BCUT2D eigenvalue weighted by molar-refractivity contribution is 0.0432. The average Bonchev–Trinajstić information content (AvgIpc) is 2.73. The third kappa shape index (κ3) is 2.52. The second-order valence-corrected chi connectivity index (χ2v) is 5.30. The molecule has 1 aromatic carbocycles. The fourth-order valence-corrected chi connectivity index (χ4v) is 2.34. The van der Waals surface area contributed by atoms with Crippen LogP contribution < -0.4 is 5.32 Å². The predicted molar refractivity (Wildman–Crippen MR) is 61.5 cm³/mol. The zero-order chi connectivity index (χ0) is 13.5. The van der Waals surface area contributed by atoms with E-state index in [1.54, 1.807) is 13.8 Å². The first-order chi connectivity index (χ1) is 8.29. The van der Waals surface area contributed by atoms with Gasteiger partial charge in [-0.25, -0.2) is 13.2 Å². The van der Waals surface area contributed by atoms with Crippen LogP contribution in [0, 0.1) is 17.5 Å². The van der Waals surface area contributed by atoms with Crippen LogP contribution in [0.15, 0.2) is 12.1 Å². The van der Waals surface area contributed by atoms with Gasteiger partial charge >= 0.3 is 0 Å². The van der Waals surface area contributed by atoms with E-state index in [1.165, 1.54) is 0 Å². The maximum Gasteiger partial charge on any atom is 0.194 e. The molecular formula is C13H16F3NO. The predicted octanol–water partition coefficient (Wildman–Crippen LogP) is 2.67. The number of halogens is 3. The standard InChI is InChI=1S/C13H16F3NO/c1-13(2,18)11-4-3-10(17-11)7-5-8(14)12(16)9(15)6-7/h5-6,10-11,17-18H,3-4H2,1-2H3. The van der Waals surface area contributed by atoms with Crippen molar-refractivity contribution in [1.82, 2.24) is 5.32 Å². The van der Waals surface area contributed by atoms with Gasteiger partial charge in [0.2, 0.25) is 0 Å². The Labute approximate surface area is 104 Å². The molecule has 18 heavy (non-hydrogen) atoms. The lowest BCUT2D eigenvalue weighted by Crippen LogP contribution is -2.43. The van der Waals surface area contributed by atoms with Crippen molar-refractivity contribution in [2.75, 3.05) is 0 Å². The van der Waals surface area contributed by atoms with E-state index >= 15 is 0 Å². The van der Waals surface area contributed by atoms with Gasteiger partial charge < -0.3 is 10.4 Å². The molecule has 100 valence electrons. The number of rotatable bonds is 2. The van der Waals surface area contributed by atoms with Crippen LogP contribution in [-0.2, 0) is 0 Å². The van der Waals surface area contributed by atoms with Gasteiger partial charge in [0.15, 0.2) is 17.5 Å². The van der Waals surface area contributed by atoms with Crippen LogP contribution in [0.25, 0.3) is 0 Å². The maximum atomic E-state index is 13.1. The zero-order valence-corrected chi connectivity index (χ0v) is 10.3. The third-order valence-corrected chi connectivity index (χ3v) is 3.41. The lowest BCUT2D eigenvalue weighted by Gasteiger charge is -2.26. The average molecular weight is 259 g/mol. The quantitative estimate of drug-likeness (QED) is 0.800. The molecule has 1 aliphatic rings. The van der Waals surface area contributed by atoms with Crippen LogP contribution in [0.1, 0.15) is 38.3 Å². The summed E-state index contributed by atoms with van der Waals surface area (Å²) in [6.07, 6.45) is 1.36. The summed E-state index contributed by atoms with van der Waals surface area (Å²) in [6.45, 7) is 3.36. The number of hydrogen-bond acceptors (Lipinski definition) is 2. The van der Waals surface area contributed by atoms with Gasteiger partial charge in [0.25, 0.3) is 0 Å². The lowest BCUT2D eigenvalue weighted by atomic mass is 9.98. The number of hydrogen-bond donors (Lipinski definition) is 2. The summed E-state index contributed by atoms with van der Waals surface area (Å²) in [5.74, 6) is -3.81. The molecule has 1 heterocycles. The molecule has 0 aliphatic carbocycles. The fourth-order valence-electron chi connectivity index (χ4n) is 2.34. The van der Waals surface area contributed by atoms with Gasteiger partial charge in [0.05, 0.1) is 5.60 Å². The molecule has 0 aromatic heterocycles. The smallest absolute Gasteiger partial charge is 0.194 e. The molecule has 0 saturated carbocycles. The van der Waals surface area contributed by atoms with E-state index < -0.39 is 23.1 Å². The Morgan fingerprint density at radius 2 is 1.72 bits per heavy atom. The molecule has 0 spiro atoms. The topological polar surface area (TPSA) is 32.3 Å². The first-order valence-corrected chi connectivity index (χ1v) is 5.92. The first-order valence-electron chi connectivity index (χ1n) is 5.92. The van der Waals surface area contributed by atoms with Crippen molar-refractivity contribution >= 4 is 0 Å². The minimum atomic E-state index is -1.45. The summed E-state index contributed by atoms with van der Waals surface area (Å²) >= 11 is 0. The number of aliphatic hydroxyl groups is 1. The SMILES string of the molecule is CC(C)(O)C1CCC(c2cc(F)c(F)c(F)c2)N1. The van der Waals surface area contributed by atoms with Crippen molar-refractivity contribution in [2.45, 2.75) is 44.4 Å². The van der Waals surface area contributed by atoms with E-state index in [-0.39, 0.29) is 12.1 Å². The van der Waals surface area contributed by atoms with E-state index in [0.717, 1.165) is 12.1 Å². The van der Waals surface area contributed by atoms with E-state index in [0.29, 0.717) is 18.4 Å². The molecule has 1 saturated heterocycles. The summed E-state index contributed by atoms with van der Waals surface area (Å²) in [5.41, 5.74) is -0.524. The van der Waals surface area contributed by atoms with E-state index in [2.05, 4.69) is 5.32 Å². The highest BCUT2D eigenvalue weighted by atomic mass is 19.2. The zero-order valence-electron chi connectivity index (χ0n) is 10.3.